The van der Waals surface area contributed by atoms with Gasteiger partial charge in [-0.1, -0.05) is 0 Å². The molecule has 10 heteroatoms. The largest absolute Gasteiger partial charge is 0.618 e. The first-order chi connectivity index (χ1) is 13.0. The average molecular weight is 409 g/mol. The van der Waals surface area contributed by atoms with E-state index in [2.05, 4.69) is 5.32 Å². The maximum Gasteiger partial charge on any atom is 0.251 e. The molecule has 1 N–H and O–H groups in total. The van der Waals surface area contributed by atoms with Crippen molar-refractivity contribution in [2.45, 2.75) is 9.92 Å². The summed E-state index contributed by atoms with van der Waals surface area (Å²) in [4.78, 5) is 12.2. The van der Waals surface area contributed by atoms with E-state index in [1.807, 2.05) is 0 Å². The molecule has 8 nitrogen and oxygen atoms in total. The van der Waals surface area contributed by atoms with Gasteiger partial charge in [0.2, 0.25) is 15.9 Å². The molecule has 0 atom stereocenters. The summed E-state index contributed by atoms with van der Waals surface area (Å²) in [5.41, 5.74) is 0.490. The summed E-state index contributed by atoms with van der Waals surface area (Å²) in [5.74, 6) is -0.215. The molecule has 0 saturated carbocycles. The summed E-state index contributed by atoms with van der Waals surface area (Å²) in [6.45, 7) is 1.43. The lowest BCUT2D eigenvalue weighted by molar-refractivity contribution is -0.645. The number of rotatable bonds is 6. The number of thioether (sulfide) groups is 1. The third-order valence-corrected chi connectivity index (χ3v) is 6.82. The van der Waals surface area contributed by atoms with E-state index in [4.69, 9.17) is 4.74 Å². The number of ether oxygens (including phenoxy) is 1. The number of carbonyl (C=O) groups is 1. The Bertz CT molecular complexity index is 897. The number of sulfonamides is 1. The van der Waals surface area contributed by atoms with Gasteiger partial charge in [0.05, 0.1) is 23.9 Å². The fourth-order valence-corrected chi connectivity index (χ4v) is 4.63. The predicted molar refractivity (Wildman–Crippen MR) is 101 cm³/mol. The van der Waals surface area contributed by atoms with Crippen LogP contribution in [0.25, 0.3) is 0 Å². The number of pyridine rings is 1. The highest BCUT2D eigenvalue weighted by atomic mass is 32.2. The minimum Gasteiger partial charge on any atom is -0.618 e. The Labute approximate surface area is 161 Å². The van der Waals surface area contributed by atoms with Crippen molar-refractivity contribution in [2.24, 2.45) is 0 Å². The van der Waals surface area contributed by atoms with Crippen molar-refractivity contribution in [3.8, 4) is 0 Å². The third-order valence-electron chi connectivity index (χ3n) is 3.89. The molecule has 0 unspecified atom stereocenters. The van der Waals surface area contributed by atoms with Gasteiger partial charge < -0.3 is 15.3 Å². The number of aromatic nitrogens is 1. The summed E-state index contributed by atoms with van der Waals surface area (Å²) in [5, 5.41) is 14.7. The molecule has 2 heterocycles. The van der Waals surface area contributed by atoms with Crippen molar-refractivity contribution in [3.63, 3.8) is 0 Å². The van der Waals surface area contributed by atoms with Gasteiger partial charge in [-0.2, -0.15) is 9.04 Å². The van der Waals surface area contributed by atoms with Crippen LogP contribution in [0.2, 0.25) is 0 Å². The van der Waals surface area contributed by atoms with Crippen molar-refractivity contribution in [2.75, 3.05) is 37.4 Å². The first-order valence-corrected chi connectivity index (χ1v) is 10.7. The quantitative estimate of drug-likeness (QED) is 0.435. The highest BCUT2D eigenvalue weighted by Gasteiger charge is 2.26. The van der Waals surface area contributed by atoms with Crippen LogP contribution in [0.4, 0.5) is 5.69 Å². The fraction of sp³-hybridized carbons (Fsp3) is 0.294. The van der Waals surface area contributed by atoms with Crippen LogP contribution in [-0.2, 0) is 19.6 Å². The van der Waals surface area contributed by atoms with E-state index < -0.39 is 10.0 Å². The number of benzene rings is 1. The molecule has 1 aliphatic heterocycles. The van der Waals surface area contributed by atoms with Gasteiger partial charge in [-0.3, -0.25) is 4.79 Å². The Morgan fingerprint density at radius 3 is 2.56 bits per heavy atom. The van der Waals surface area contributed by atoms with Crippen LogP contribution >= 0.6 is 11.8 Å². The zero-order chi connectivity index (χ0) is 19.3. The van der Waals surface area contributed by atoms with E-state index >= 15 is 0 Å². The number of anilines is 1. The molecule has 2 aromatic rings. The Morgan fingerprint density at radius 1 is 1.19 bits per heavy atom. The standard InChI is InChI=1S/C17H19N3O5S2/c21-16(13-26-17-3-1-2-8-20(17)22)18-14-4-6-15(7-5-14)27(23,24)19-9-11-25-12-10-19/h1-8H,9-13H2,(H,18,21). The molecule has 1 saturated heterocycles. The first kappa shape index (κ1) is 19.6. The van der Waals surface area contributed by atoms with Crippen molar-refractivity contribution < 1.29 is 22.7 Å². The molecule has 3 rings (SSSR count). The van der Waals surface area contributed by atoms with Crippen molar-refractivity contribution >= 4 is 33.4 Å². The van der Waals surface area contributed by atoms with Gasteiger partial charge in [0, 0.05) is 30.9 Å². The SMILES string of the molecule is O=C(CSc1cccc[n+]1[O-])Nc1ccc(S(=O)(=O)N2CCOCC2)cc1. The highest BCUT2D eigenvalue weighted by Crippen LogP contribution is 2.20. The predicted octanol–water partition coefficient (Wildman–Crippen LogP) is 1.07. The van der Waals surface area contributed by atoms with Gasteiger partial charge in [-0.25, -0.2) is 8.42 Å². The minimum atomic E-state index is -3.56. The lowest BCUT2D eigenvalue weighted by atomic mass is 10.3. The molecular weight excluding hydrogens is 390 g/mol. The van der Waals surface area contributed by atoms with Crippen LogP contribution in [0.3, 0.4) is 0 Å². The zero-order valence-electron chi connectivity index (χ0n) is 14.4. The van der Waals surface area contributed by atoms with Gasteiger partial charge in [0.15, 0.2) is 6.20 Å². The van der Waals surface area contributed by atoms with E-state index in [1.54, 1.807) is 30.3 Å². The smallest absolute Gasteiger partial charge is 0.251 e. The van der Waals surface area contributed by atoms with Crippen molar-refractivity contribution in [1.29, 1.82) is 0 Å². The molecule has 0 bridgehead atoms. The van der Waals surface area contributed by atoms with Gasteiger partial charge in [-0.05, 0) is 42.1 Å². The van der Waals surface area contributed by atoms with E-state index in [0.29, 0.717) is 41.7 Å². The summed E-state index contributed by atoms with van der Waals surface area (Å²) in [7, 11) is -3.56. The van der Waals surface area contributed by atoms with Crippen LogP contribution in [0.5, 0.6) is 0 Å². The molecule has 1 amide bonds. The number of hydrogen-bond acceptors (Lipinski definition) is 6. The number of carbonyl (C=O) groups excluding carboxylic acids is 1. The lowest BCUT2D eigenvalue weighted by Gasteiger charge is -2.26. The van der Waals surface area contributed by atoms with E-state index in [0.717, 1.165) is 11.8 Å². The van der Waals surface area contributed by atoms with Crippen LogP contribution in [0.15, 0.2) is 58.6 Å². The Morgan fingerprint density at radius 2 is 1.89 bits per heavy atom. The molecular formula is C17H19N3O5S2. The van der Waals surface area contributed by atoms with Gasteiger partial charge >= 0.3 is 0 Å². The number of amides is 1. The Hall–Kier alpha value is -2.14. The second kappa shape index (κ2) is 8.70. The van der Waals surface area contributed by atoms with Crippen LogP contribution in [-0.4, -0.2) is 50.7 Å². The van der Waals surface area contributed by atoms with Gasteiger partial charge in [-0.15, -0.1) is 0 Å². The summed E-state index contributed by atoms with van der Waals surface area (Å²) in [6, 6.07) is 11.0. The minimum absolute atomic E-state index is 0.0695. The molecule has 0 spiro atoms. The molecule has 27 heavy (non-hydrogen) atoms. The number of nitrogens with one attached hydrogen (secondary N) is 1. The Kier molecular flexibility index (Phi) is 6.32. The highest BCUT2D eigenvalue weighted by molar-refractivity contribution is 7.99. The van der Waals surface area contributed by atoms with Crippen LogP contribution in [0, 0.1) is 5.21 Å². The van der Waals surface area contributed by atoms with Crippen molar-refractivity contribution in [1.82, 2.24) is 4.31 Å². The average Bonchev–Trinajstić information content (AvgIpc) is 2.68. The second-order valence-corrected chi connectivity index (χ2v) is 8.68. The summed E-state index contributed by atoms with van der Waals surface area (Å²) in [6.07, 6.45) is 1.37. The molecule has 144 valence electrons. The second-order valence-electron chi connectivity index (χ2n) is 5.74. The summed E-state index contributed by atoms with van der Waals surface area (Å²) < 4.78 is 32.4. The van der Waals surface area contributed by atoms with Gasteiger partial charge in [0.25, 0.3) is 5.03 Å². The normalized spacial score (nSPS) is 15.4. The molecule has 0 radical (unpaired) electrons. The monoisotopic (exact) mass is 409 g/mol. The van der Waals surface area contributed by atoms with Crippen LogP contribution < -0.4 is 10.0 Å². The fourth-order valence-electron chi connectivity index (χ4n) is 2.51. The molecule has 1 fully saturated rings. The number of nitrogens with zero attached hydrogens (tertiary/aromatic N) is 2. The number of morpholine rings is 1. The maximum atomic E-state index is 12.6. The molecule has 1 aromatic carbocycles. The first-order valence-electron chi connectivity index (χ1n) is 8.25. The van der Waals surface area contributed by atoms with E-state index in [-0.39, 0.29) is 16.6 Å². The van der Waals surface area contributed by atoms with E-state index in [9.17, 15) is 18.4 Å². The van der Waals surface area contributed by atoms with Gasteiger partial charge in [0.1, 0.15) is 0 Å². The van der Waals surface area contributed by atoms with Crippen LogP contribution in [0.1, 0.15) is 0 Å². The zero-order valence-corrected chi connectivity index (χ0v) is 16.0. The topological polar surface area (TPSA) is 103 Å². The molecule has 1 aliphatic rings. The third kappa shape index (κ3) is 4.98. The maximum absolute atomic E-state index is 12.6. The molecule has 1 aromatic heterocycles. The lowest BCUT2D eigenvalue weighted by Crippen LogP contribution is -2.40. The Balaban J connectivity index is 1.58. The van der Waals surface area contributed by atoms with E-state index in [1.165, 1.54) is 22.6 Å². The molecule has 0 aliphatic carbocycles. The summed E-state index contributed by atoms with van der Waals surface area (Å²) >= 11 is 1.12. The number of hydrogen-bond donors (Lipinski definition) is 1. The van der Waals surface area contributed by atoms with Crippen molar-refractivity contribution in [3.05, 3.63) is 53.9 Å².